The van der Waals surface area contributed by atoms with Crippen molar-refractivity contribution in [2.45, 2.75) is 58.6 Å². The third-order valence-corrected chi connectivity index (χ3v) is 7.08. The third kappa shape index (κ3) is 5.43. The number of carbonyl (C=O) groups is 1. The van der Waals surface area contributed by atoms with E-state index in [0.29, 0.717) is 17.9 Å². The van der Waals surface area contributed by atoms with E-state index >= 15 is 0 Å². The van der Waals surface area contributed by atoms with Gasteiger partial charge in [0.25, 0.3) is 5.91 Å². The van der Waals surface area contributed by atoms with Crippen molar-refractivity contribution >= 4 is 21.6 Å². The molecular formula is C25H34N2O5S. The molecular weight excluding hydrogens is 440 g/mol. The number of methoxy groups -OCH3 is 1. The van der Waals surface area contributed by atoms with Gasteiger partial charge in [-0.25, -0.2) is 8.42 Å². The molecule has 33 heavy (non-hydrogen) atoms. The lowest BCUT2D eigenvalue weighted by atomic mass is 9.86. The number of benzene rings is 2. The van der Waals surface area contributed by atoms with Gasteiger partial charge in [-0.2, -0.15) is 0 Å². The maximum atomic E-state index is 13.2. The first-order valence-electron chi connectivity index (χ1n) is 11.1. The van der Waals surface area contributed by atoms with Crippen molar-refractivity contribution in [2.75, 3.05) is 24.2 Å². The van der Waals surface area contributed by atoms with Gasteiger partial charge in [-0.05, 0) is 53.6 Å². The van der Waals surface area contributed by atoms with Gasteiger partial charge in [-0.15, -0.1) is 0 Å². The Morgan fingerprint density at radius 2 is 1.94 bits per heavy atom. The van der Waals surface area contributed by atoms with E-state index in [2.05, 4.69) is 26.1 Å². The number of nitrogens with one attached hydrogen (secondary N) is 1. The van der Waals surface area contributed by atoms with Gasteiger partial charge in [0.15, 0.2) is 6.10 Å². The van der Waals surface area contributed by atoms with Gasteiger partial charge in [-0.3, -0.25) is 9.10 Å². The zero-order valence-electron chi connectivity index (χ0n) is 20.4. The second-order valence-corrected chi connectivity index (χ2v) is 11.4. The number of rotatable bonds is 6. The molecule has 0 fully saturated rings. The van der Waals surface area contributed by atoms with E-state index in [1.807, 2.05) is 44.2 Å². The molecule has 0 bridgehead atoms. The van der Waals surface area contributed by atoms with Gasteiger partial charge < -0.3 is 14.8 Å². The highest BCUT2D eigenvalue weighted by Gasteiger charge is 2.36. The van der Waals surface area contributed by atoms with E-state index in [9.17, 15) is 13.2 Å². The summed E-state index contributed by atoms with van der Waals surface area (Å²) in [6.45, 7) is 10.0. The van der Waals surface area contributed by atoms with Crippen molar-refractivity contribution < 1.29 is 22.7 Å². The molecule has 1 amide bonds. The zero-order chi connectivity index (χ0) is 24.6. The summed E-state index contributed by atoms with van der Waals surface area (Å²) in [6, 6.07) is 11.0. The minimum Gasteiger partial charge on any atom is -0.496 e. The number of fused-ring (bicyclic) bond motifs is 1. The van der Waals surface area contributed by atoms with E-state index in [1.54, 1.807) is 13.2 Å². The molecule has 0 spiro atoms. The van der Waals surface area contributed by atoms with Crippen LogP contribution in [0.4, 0.5) is 5.69 Å². The number of ether oxygens (including phenoxy) is 2. The fraction of sp³-hybridized carbons (Fsp3) is 0.480. The molecule has 3 rings (SSSR count). The number of amides is 1. The van der Waals surface area contributed by atoms with E-state index in [1.165, 1.54) is 4.31 Å². The summed E-state index contributed by atoms with van der Waals surface area (Å²) >= 11 is 0. The molecule has 0 radical (unpaired) electrons. The molecule has 0 aromatic heterocycles. The molecule has 8 heteroatoms. The second kappa shape index (κ2) is 9.25. The molecule has 1 aliphatic heterocycles. The van der Waals surface area contributed by atoms with Gasteiger partial charge in [-0.1, -0.05) is 45.9 Å². The topological polar surface area (TPSA) is 84.9 Å². The highest BCUT2D eigenvalue weighted by Crippen LogP contribution is 2.38. The lowest BCUT2D eigenvalue weighted by Gasteiger charge is -2.35. The summed E-state index contributed by atoms with van der Waals surface area (Å²) in [7, 11) is -1.99. The predicted molar refractivity (Wildman–Crippen MR) is 131 cm³/mol. The largest absolute Gasteiger partial charge is 0.496 e. The molecule has 1 heterocycles. The van der Waals surface area contributed by atoms with Crippen LogP contribution < -0.4 is 19.1 Å². The average molecular weight is 475 g/mol. The Kier molecular flexibility index (Phi) is 6.98. The van der Waals surface area contributed by atoms with Crippen molar-refractivity contribution in [3.63, 3.8) is 0 Å². The van der Waals surface area contributed by atoms with Crippen molar-refractivity contribution in [2.24, 2.45) is 0 Å². The Hall–Kier alpha value is -2.74. The normalized spacial score (nSPS) is 17.1. The summed E-state index contributed by atoms with van der Waals surface area (Å²) in [5.41, 5.74) is 3.23. The van der Waals surface area contributed by atoms with Crippen LogP contribution in [-0.2, 0) is 20.2 Å². The quantitative estimate of drug-likeness (QED) is 0.682. The summed E-state index contributed by atoms with van der Waals surface area (Å²) < 4.78 is 37.8. The van der Waals surface area contributed by atoms with Gasteiger partial charge >= 0.3 is 0 Å². The highest BCUT2D eigenvalue weighted by molar-refractivity contribution is 7.92. The maximum absolute atomic E-state index is 13.2. The van der Waals surface area contributed by atoms with E-state index in [0.717, 1.165) is 28.7 Å². The molecule has 2 atom stereocenters. The monoisotopic (exact) mass is 474 g/mol. The lowest BCUT2D eigenvalue weighted by molar-refractivity contribution is -0.128. The predicted octanol–water partition coefficient (Wildman–Crippen LogP) is 4.10. The van der Waals surface area contributed by atoms with Crippen LogP contribution in [0.15, 0.2) is 36.4 Å². The maximum Gasteiger partial charge on any atom is 0.263 e. The molecule has 0 aliphatic carbocycles. The van der Waals surface area contributed by atoms with E-state index in [4.69, 9.17) is 9.47 Å². The van der Waals surface area contributed by atoms with Gasteiger partial charge in [0.1, 0.15) is 11.5 Å². The highest BCUT2D eigenvalue weighted by atomic mass is 32.2. The number of sulfonamides is 1. The smallest absolute Gasteiger partial charge is 0.263 e. The molecule has 1 N–H and O–H groups in total. The average Bonchev–Trinajstić information content (AvgIpc) is 2.74. The Morgan fingerprint density at radius 1 is 1.24 bits per heavy atom. The van der Waals surface area contributed by atoms with Crippen LogP contribution in [0.2, 0.25) is 0 Å². The van der Waals surface area contributed by atoms with Crippen LogP contribution >= 0.6 is 0 Å². The van der Waals surface area contributed by atoms with Crippen LogP contribution in [0.5, 0.6) is 11.5 Å². The summed E-state index contributed by atoms with van der Waals surface area (Å²) in [5.74, 6) is 0.813. The molecule has 0 unspecified atom stereocenters. The molecule has 2 aromatic carbocycles. The minimum atomic E-state index is -3.61. The van der Waals surface area contributed by atoms with E-state index < -0.39 is 16.1 Å². The minimum absolute atomic E-state index is 0.0800. The van der Waals surface area contributed by atoms with E-state index in [-0.39, 0.29) is 23.9 Å². The van der Waals surface area contributed by atoms with Crippen LogP contribution in [0.25, 0.3) is 0 Å². The lowest BCUT2D eigenvalue weighted by Crippen LogP contribution is -2.51. The fourth-order valence-corrected chi connectivity index (χ4v) is 4.88. The SMILES string of the molecule is CC[C@H](NC(=O)[C@H]1CN(S(C)(=O)=O)c2cc(C(C)(C)C)ccc2O1)c1ccc(OC)c(C)c1. The number of aryl methyl sites for hydroxylation is 1. The van der Waals surface area contributed by atoms with Crippen LogP contribution in [0.1, 0.15) is 56.8 Å². The van der Waals surface area contributed by atoms with Gasteiger partial charge in [0.2, 0.25) is 10.0 Å². The molecule has 7 nitrogen and oxygen atoms in total. The first-order valence-corrected chi connectivity index (χ1v) is 12.9. The zero-order valence-corrected chi connectivity index (χ0v) is 21.2. The van der Waals surface area contributed by atoms with Crippen molar-refractivity contribution in [3.8, 4) is 11.5 Å². The first-order chi connectivity index (χ1) is 15.3. The Balaban J connectivity index is 1.88. The first kappa shape index (κ1) is 24.9. The van der Waals surface area contributed by atoms with Gasteiger partial charge in [0.05, 0.1) is 31.6 Å². The molecule has 0 saturated heterocycles. The van der Waals surface area contributed by atoms with Gasteiger partial charge in [0, 0.05) is 0 Å². The molecule has 0 saturated carbocycles. The van der Waals surface area contributed by atoms with Crippen molar-refractivity contribution in [3.05, 3.63) is 53.1 Å². The number of carbonyl (C=O) groups excluding carboxylic acids is 1. The van der Waals surface area contributed by atoms with Crippen molar-refractivity contribution in [1.29, 1.82) is 0 Å². The molecule has 180 valence electrons. The molecule has 2 aromatic rings. The van der Waals surface area contributed by atoms with Crippen LogP contribution in [0, 0.1) is 6.92 Å². The van der Waals surface area contributed by atoms with Crippen LogP contribution in [-0.4, -0.2) is 40.3 Å². The standard InChI is InChI=1S/C25H34N2O5S/c1-8-19(17-9-11-21(31-6)16(2)13-17)26-24(28)23-15-27(33(7,29)30)20-14-18(25(3,4)5)10-12-22(20)32-23/h9-14,19,23H,8,15H2,1-7H3,(H,26,28)/t19-,23+/m0/s1. The van der Waals surface area contributed by atoms with Crippen LogP contribution in [0.3, 0.4) is 0 Å². The second-order valence-electron chi connectivity index (χ2n) is 9.53. The Bertz CT molecular complexity index is 1140. The Morgan fingerprint density at radius 3 is 2.48 bits per heavy atom. The summed E-state index contributed by atoms with van der Waals surface area (Å²) in [5, 5.41) is 3.03. The number of anilines is 1. The third-order valence-electron chi connectivity index (χ3n) is 5.93. The fourth-order valence-electron chi connectivity index (χ4n) is 3.97. The Labute approximate surface area is 197 Å². The number of nitrogens with zero attached hydrogens (tertiary/aromatic N) is 1. The summed E-state index contributed by atoms with van der Waals surface area (Å²) in [6.07, 6.45) is 0.863. The van der Waals surface area contributed by atoms with Crippen molar-refractivity contribution in [1.82, 2.24) is 5.32 Å². The number of hydrogen-bond donors (Lipinski definition) is 1. The molecule has 1 aliphatic rings. The number of hydrogen-bond acceptors (Lipinski definition) is 5. The summed E-state index contributed by atoms with van der Waals surface area (Å²) in [4.78, 5) is 13.2.